The van der Waals surface area contributed by atoms with Crippen molar-refractivity contribution in [3.05, 3.63) is 71.3 Å². The highest BCUT2D eigenvalue weighted by Gasteiger charge is 2.45. The normalized spacial score (nSPS) is 15.0. The molecule has 6 heteroatoms. The topological polar surface area (TPSA) is 55.8 Å². The monoisotopic (exact) mass is 481 g/mol. The van der Waals surface area contributed by atoms with Gasteiger partial charge in [0.25, 0.3) is 11.8 Å². The van der Waals surface area contributed by atoms with E-state index in [4.69, 9.17) is 9.16 Å². The van der Waals surface area contributed by atoms with Crippen LogP contribution >= 0.6 is 0 Å². The van der Waals surface area contributed by atoms with Gasteiger partial charge in [-0.15, -0.1) is 0 Å². The van der Waals surface area contributed by atoms with Gasteiger partial charge in [0.05, 0.1) is 30.4 Å². The summed E-state index contributed by atoms with van der Waals surface area (Å²) in [5.74, 6) is -0.491. The Bertz CT molecular complexity index is 917. The Hall–Kier alpha value is -2.28. The summed E-state index contributed by atoms with van der Waals surface area (Å²) >= 11 is 0. The maximum absolute atomic E-state index is 12.9. The van der Waals surface area contributed by atoms with Crippen LogP contribution in [0.4, 0.5) is 0 Å². The lowest BCUT2D eigenvalue weighted by molar-refractivity contribution is 0.00550. The first-order valence-electron chi connectivity index (χ1n) is 12.4. The maximum atomic E-state index is 12.9. The zero-order valence-corrected chi connectivity index (χ0v) is 22.4. The Morgan fingerprint density at radius 2 is 1.26 bits per heavy atom. The first-order valence-corrected chi connectivity index (χ1v) is 14.6. The Morgan fingerprint density at radius 1 is 0.765 bits per heavy atom. The van der Waals surface area contributed by atoms with Gasteiger partial charge in [-0.25, -0.2) is 0 Å². The summed E-state index contributed by atoms with van der Waals surface area (Å²) in [6.45, 7) is 14.8. The Labute approximate surface area is 205 Å². The van der Waals surface area contributed by atoms with Crippen LogP contribution < -0.4 is 0 Å². The average molecular weight is 482 g/mol. The summed E-state index contributed by atoms with van der Waals surface area (Å²) in [4.78, 5) is 27.2. The zero-order valence-electron chi connectivity index (χ0n) is 21.4. The molecule has 0 saturated heterocycles. The molecule has 0 bridgehead atoms. The van der Waals surface area contributed by atoms with Crippen LogP contribution in [-0.2, 0) is 15.8 Å². The van der Waals surface area contributed by atoms with Gasteiger partial charge in [0.15, 0.2) is 8.32 Å². The minimum atomic E-state index is -2.01. The summed E-state index contributed by atoms with van der Waals surface area (Å²) in [6.07, 6.45) is 0.321. The highest BCUT2D eigenvalue weighted by atomic mass is 28.4. The first kappa shape index (κ1) is 26.3. The van der Waals surface area contributed by atoms with Crippen molar-refractivity contribution >= 4 is 20.1 Å². The minimum absolute atomic E-state index is 0.224. The lowest BCUT2D eigenvalue weighted by Crippen LogP contribution is -2.48. The molecule has 1 heterocycles. The van der Waals surface area contributed by atoms with E-state index in [1.807, 2.05) is 30.3 Å². The van der Waals surface area contributed by atoms with Gasteiger partial charge in [-0.3, -0.25) is 14.5 Å². The van der Waals surface area contributed by atoms with Crippen molar-refractivity contribution in [3.8, 4) is 0 Å². The molecule has 0 aliphatic carbocycles. The molecule has 0 N–H and O–H groups in total. The quantitative estimate of drug-likeness (QED) is 0.258. The zero-order chi connectivity index (χ0) is 24.9. The number of hydrogen-bond acceptors (Lipinski definition) is 4. The van der Waals surface area contributed by atoms with Gasteiger partial charge in [-0.05, 0) is 40.7 Å². The second-order valence-corrected chi connectivity index (χ2v) is 15.6. The lowest BCUT2D eigenvalue weighted by atomic mass is 10.1. The van der Waals surface area contributed by atoms with Gasteiger partial charge < -0.3 is 9.16 Å². The van der Waals surface area contributed by atoms with E-state index in [-0.39, 0.29) is 24.5 Å². The molecule has 1 aliphatic rings. The number of imide groups is 1. The van der Waals surface area contributed by atoms with Crippen molar-refractivity contribution in [1.82, 2.24) is 4.90 Å². The number of fused-ring (bicyclic) bond motifs is 1. The second kappa shape index (κ2) is 11.4. The number of rotatable bonds is 12. The standard InChI is InChI=1S/C28H39NO4Si/c1-20(2)34(21(3)4,22(5)6)33-17-16-24(32-19-23-12-8-7-9-13-23)18-29-27(30)25-14-10-11-15-26(25)28(29)31/h7-15,20-22,24H,16-19H2,1-6H3/t24-/m1/s1. The SMILES string of the molecule is CC(C)[Si](OCC[C@H](CN1C(=O)c2ccccc2C1=O)OCc1ccccc1)(C(C)C)C(C)C. The Morgan fingerprint density at radius 3 is 1.76 bits per heavy atom. The highest BCUT2D eigenvalue weighted by molar-refractivity contribution is 6.77. The summed E-state index contributed by atoms with van der Waals surface area (Å²) in [5, 5.41) is 0. The van der Waals surface area contributed by atoms with Crippen LogP contribution in [0.3, 0.4) is 0 Å². The van der Waals surface area contributed by atoms with Crippen molar-refractivity contribution in [2.75, 3.05) is 13.2 Å². The molecule has 3 rings (SSSR count). The molecular weight excluding hydrogens is 442 g/mol. The lowest BCUT2D eigenvalue weighted by Gasteiger charge is -2.42. The van der Waals surface area contributed by atoms with Gasteiger partial charge in [0.2, 0.25) is 0 Å². The van der Waals surface area contributed by atoms with Crippen LogP contribution in [0.5, 0.6) is 0 Å². The van der Waals surface area contributed by atoms with Crippen LogP contribution in [-0.4, -0.2) is 44.3 Å². The van der Waals surface area contributed by atoms with E-state index in [2.05, 4.69) is 41.5 Å². The predicted octanol–water partition coefficient (Wildman–Crippen LogP) is 6.45. The second-order valence-electron chi connectivity index (χ2n) is 10.1. The van der Waals surface area contributed by atoms with E-state index in [1.165, 1.54) is 4.90 Å². The molecule has 0 spiro atoms. The molecule has 2 aromatic rings. The minimum Gasteiger partial charge on any atom is -0.416 e. The fourth-order valence-corrected chi connectivity index (χ4v) is 11.0. The van der Waals surface area contributed by atoms with E-state index < -0.39 is 8.32 Å². The van der Waals surface area contributed by atoms with Crippen molar-refractivity contribution < 1.29 is 18.8 Å². The van der Waals surface area contributed by atoms with E-state index in [9.17, 15) is 9.59 Å². The molecule has 2 amide bonds. The number of amides is 2. The van der Waals surface area contributed by atoms with Crippen LogP contribution in [0.15, 0.2) is 54.6 Å². The van der Waals surface area contributed by atoms with Crippen molar-refractivity contribution in [1.29, 1.82) is 0 Å². The van der Waals surface area contributed by atoms with E-state index in [0.717, 1.165) is 5.56 Å². The van der Waals surface area contributed by atoms with Crippen molar-refractivity contribution in [2.24, 2.45) is 0 Å². The molecule has 0 radical (unpaired) electrons. The van der Waals surface area contributed by atoms with Crippen LogP contribution in [0.1, 0.15) is 74.2 Å². The fourth-order valence-electron chi connectivity index (χ4n) is 5.49. The summed E-state index contributed by atoms with van der Waals surface area (Å²) in [6, 6.07) is 17.0. The molecule has 1 aliphatic heterocycles. The molecular formula is C28H39NO4Si. The van der Waals surface area contributed by atoms with Gasteiger partial charge >= 0.3 is 0 Å². The van der Waals surface area contributed by atoms with Crippen LogP contribution in [0.25, 0.3) is 0 Å². The number of carbonyl (C=O) groups is 2. The average Bonchev–Trinajstić information content (AvgIpc) is 3.05. The van der Waals surface area contributed by atoms with Crippen molar-refractivity contribution in [3.63, 3.8) is 0 Å². The number of carbonyl (C=O) groups excluding carboxylic acids is 2. The molecule has 0 aromatic heterocycles. The third-order valence-electron chi connectivity index (χ3n) is 7.09. The van der Waals surface area contributed by atoms with Crippen LogP contribution in [0, 0.1) is 0 Å². The van der Waals surface area contributed by atoms with Crippen LogP contribution in [0.2, 0.25) is 16.6 Å². The van der Waals surface area contributed by atoms with Gasteiger partial charge in [0, 0.05) is 6.61 Å². The Balaban J connectivity index is 1.73. The van der Waals surface area contributed by atoms with Gasteiger partial charge in [-0.1, -0.05) is 84.0 Å². The predicted molar refractivity (Wildman–Crippen MR) is 138 cm³/mol. The summed E-state index contributed by atoms with van der Waals surface area (Å²) in [7, 11) is -2.01. The summed E-state index contributed by atoms with van der Waals surface area (Å²) in [5.41, 5.74) is 3.48. The molecule has 5 nitrogen and oxygen atoms in total. The van der Waals surface area contributed by atoms with E-state index in [1.54, 1.807) is 24.3 Å². The van der Waals surface area contributed by atoms with Gasteiger partial charge in [0.1, 0.15) is 0 Å². The Kier molecular flexibility index (Phi) is 8.85. The first-order chi connectivity index (χ1) is 16.2. The fraction of sp³-hybridized carbons (Fsp3) is 0.500. The van der Waals surface area contributed by atoms with E-state index in [0.29, 0.717) is 47.4 Å². The molecule has 184 valence electrons. The molecule has 34 heavy (non-hydrogen) atoms. The highest BCUT2D eigenvalue weighted by Crippen LogP contribution is 2.42. The molecule has 0 saturated carbocycles. The number of benzene rings is 2. The summed E-state index contributed by atoms with van der Waals surface area (Å²) < 4.78 is 13.0. The number of ether oxygens (including phenoxy) is 1. The molecule has 1 atom stereocenters. The molecule has 2 aromatic carbocycles. The maximum Gasteiger partial charge on any atom is 0.261 e. The number of hydrogen-bond donors (Lipinski definition) is 0. The van der Waals surface area contributed by atoms with E-state index >= 15 is 0 Å². The largest absolute Gasteiger partial charge is 0.416 e. The van der Waals surface area contributed by atoms with Crippen molar-refractivity contribution in [2.45, 2.75) is 77.3 Å². The number of nitrogens with zero attached hydrogens (tertiary/aromatic N) is 1. The third kappa shape index (κ3) is 5.51. The molecule has 0 unspecified atom stereocenters. The smallest absolute Gasteiger partial charge is 0.261 e. The van der Waals surface area contributed by atoms with Gasteiger partial charge in [-0.2, -0.15) is 0 Å². The third-order valence-corrected chi connectivity index (χ3v) is 13.2. The molecule has 0 fully saturated rings.